The average molecular weight is 401 g/mol. The summed E-state index contributed by atoms with van der Waals surface area (Å²) in [6.07, 6.45) is 3.76. The molecule has 0 spiro atoms. The van der Waals surface area contributed by atoms with Crippen LogP contribution < -0.4 is 10.0 Å². The Kier molecular flexibility index (Phi) is 5.55. The van der Waals surface area contributed by atoms with E-state index in [1.54, 1.807) is 0 Å². The van der Waals surface area contributed by atoms with Crippen LogP contribution in [-0.4, -0.2) is 39.0 Å². The quantitative estimate of drug-likeness (QED) is 0.648. The average Bonchev–Trinajstić information content (AvgIpc) is 3.45. The Morgan fingerprint density at radius 2 is 1.96 bits per heavy atom. The molecule has 142 valence electrons. The van der Waals surface area contributed by atoms with Gasteiger partial charge < -0.3 is 10.1 Å². The zero-order valence-corrected chi connectivity index (χ0v) is 15.9. The summed E-state index contributed by atoms with van der Waals surface area (Å²) >= 11 is 5.97. The van der Waals surface area contributed by atoms with Gasteiger partial charge in [-0.1, -0.05) is 11.6 Å². The molecule has 0 radical (unpaired) electrons. The van der Waals surface area contributed by atoms with Gasteiger partial charge in [0.2, 0.25) is 10.0 Å². The van der Waals surface area contributed by atoms with E-state index in [0.717, 1.165) is 25.7 Å². The molecule has 0 heterocycles. The van der Waals surface area contributed by atoms with Gasteiger partial charge in [-0.3, -0.25) is 4.79 Å². The van der Waals surface area contributed by atoms with E-state index >= 15 is 0 Å². The van der Waals surface area contributed by atoms with Gasteiger partial charge in [0.25, 0.3) is 5.91 Å². The highest BCUT2D eigenvalue weighted by atomic mass is 35.5. The number of sulfonamides is 1. The molecular formula is C17H21ClN2O5S. The van der Waals surface area contributed by atoms with Crippen LogP contribution in [0.25, 0.3) is 0 Å². The van der Waals surface area contributed by atoms with Crippen LogP contribution in [0.1, 0.15) is 43.0 Å². The summed E-state index contributed by atoms with van der Waals surface area (Å²) in [6, 6.07) is 3.84. The molecule has 0 unspecified atom stereocenters. The predicted octanol–water partition coefficient (Wildman–Crippen LogP) is 1.85. The molecular weight excluding hydrogens is 380 g/mol. The van der Waals surface area contributed by atoms with Crippen LogP contribution in [0.5, 0.6) is 0 Å². The molecule has 26 heavy (non-hydrogen) atoms. The number of carbonyl (C=O) groups is 2. The lowest BCUT2D eigenvalue weighted by Gasteiger charge is -2.13. The fourth-order valence-electron chi connectivity index (χ4n) is 2.54. The van der Waals surface area contributed by atoms with Crippen LogP contribution >= 0.6 is 11.6 Å². The monoisotopic (exact) mass is 400 g/mol. The number of hydrogen-bond donors (Lipinski definition) is 2. The summed E-state index contributed by atoms with van der Waals surface area (Å²) < 4.78 is 32.1. The predicted molar refractivity (Wildman–Crippen MR) is 95.4 cm³/mol. The van der Waals surface area contributed by atoms with E-state index < -0.39 is 22.6 Å². The second-order valence-electron chi connectivity index (χ2n) is 6.81. The van der Waals surface area contributed by atoms with Crippen molar-refractivity contribution in [2.24, 2.45) is 5.92 Å². The van der Waals surface area contributed by atoms with Crippen LogP contribution in [0.2, 0.25) is 5.02 Å². The van der Waals surface area contributed by atoms with Crippen molar-refractivity contribution in [2.75, 3.05) is 6.61 Å². The molecule has 2 saturated carbocycles. The first-order chi connectivity index (χ1) is 12.3. The van der Waals surface area contributed by atoms with E-state index in [1.807, 2.05) is 6.92 Å². The molecule has 2 N–H and O–H groups in total. The summed E-state index contributed by atoms with van der Waals surface area (Å²) in [5.74, 6) is -0.661. The number of rotatable bonds is 8. The summed E-state index contributed by atoms with van der Waals surface area (Å²) in [6.45, 7) is 1.50. The highest BCUT2D eigenvalue weighted by Gasteiger charge is 2.30. The molecule has 2 fully saturated rings. The van der Waals surface area contributed by atoms with Gasteiger partial charge >= 0.3 is 5.97 Å². The Bertz CT molecular complexity index is 818. The first-order valence-corrected chi connectivity index (χ1v) is 10.4. The Hall–Kier alpha value is -1.64. The second kappa shape index (κ2) is 7.54. The van der Waals surface area contributed by atoms with Crippen molar-refractivity contribution in [2.45, 2.75) is 49.6 Å². The third-order valence-electron chi connectivity index (χ3n) is 4.41. The van der Waals surface area contributed by atoms with Crippen LogP contribution in [0, 0.1) is 5.92 Å². The Morgan fingerprint density at radius 1 is 1.27 bits per heavy atom. The fourth-order valence-corrected chi connectivity index (χ4v) is 4.38. The molecule has 1 amide bonds. The molecule has 7 nitrogen and oxygen atoms in total. The Balaban J connectivity index is 1.61. The number of halogens is 1. The summed E-state index contributed by atoms with van der Waals surface area (Å²) in [7, 11) is -3.80. The minimum Gasteiger partial charge on any atom is -0.452 e. The first-order valence-electron chi connectivity index (χ1n) is 8.54. The van der Waals surface area contributed by atoms with E-state index in [1.165, 1.54) is 18.2 Å². The van der Waals surface area contributed by atoms with E-state index in [4.69, 9.17) is 16.3 Å². The minimum atomic E-state index is -3.80. The molecule has 3 rings (SSSR count). The van der Waals surface area contributed by atoms with Crippen molar-refractivity contribution in [3.63, 3.8) is 0 Å². The molecule has 0 saturated heterocycles. The lowest BCUT2D eigenvalue weighted by atomic mass is 10.2. The molecule has 0 bridgehead atoms. The van der Waals surface area contributed by atoms with Gasteiger partial charge in [0.05, 0.1) is 10.6 Å². The normalized spacial score (nSPS) is 18.2. The van der Waals surface area contributed by atoms with Gasteiger partial charge in [-0.15, -0.1) is 0 Å². The highest BCUT2D eigenvalue weighted by Crippen LogP contribution is 2.32. The summed E-state index contributed by atoms with van der Waals surface area (Å²) in [5, 5.41) is 2.80. The molecule has 1 atom stereocenters. The number of nitrogens with one attached hydrogen (secondary N) is 2. The largest absolute Gasteiger partial charge is 0.452 e. The zero-order valence-electron chi connectivity index (χ0n) is 14.3. The van der Waals surface area contributed by atoms with Crippen LogP contribution in [0.4, 0.5) is 0 Å². The van der Waals surface area contributed by atoms with E-state index in [2.05, 4.69) is 10.0 Å². The minimum absolute atomic E-state index is 0.0192. The molecule has 1 aromatic carbocycles. The van der Waals surface area contributed by atoms with Crippen LogP contribution in [0.15, 0.2) is 23.1 Å². The number of amides is 1. The highest BCUT2D eigenvalue weighted by molar-refractivity contribution is 7.89. The molecule has 2 aliphatic rings. The Morgan fingerprint density at radius 3 is 2.58 bits per heavy atom. The zero-order chi connectivity index (χ0) is 18.9. The number of carbonyl (C=O) groups excluding carboxylic acids is 2. The maximum absolute atomic E-state index is 12.3. The number of benzene rings is 1. The van der Waals surface area contributed by atoms with Gasteiger partial charge in [-0.2, -0.15) is 0 Å². The van der Waals surface area contributed by atoms with Gasteiger partial charge in [-0.05, 0) is 56.7 Å². The van der Waals surface area contributed by atoms with Crippen molar-refractivity contribution >= 4 is 33.5 Å². The topological polar surface area (TPSA) is 102 Å². The van der Waals surface area contributed by atoms with Crippen LogP contribution in [-0.2, 0) is 19.6 Å². The number of esters is 1. The summed E-state index contributed by atoms with van der Waals surface area (Å²) in [4.78, 5) is 23.8. The van der Waals surface area contributed by atoms with Crippen molar-refractivity contribution in [1.29, 1.82) is 0 Å². The first kappa shape index (κ1) is 19.1. The standard InChI is InChI=1S/C17H21ClN2O5S/c1-10(11-2-3-11)19-16(21)9-25-17(22)12-4-7-14(18)15(8-12)26(23,24)20-13-5-6-13/h4,7-8,10-11,13,20H,2-3,5-6,9H2,1H3,(H,19,21)/t10-/m0/s1. The molecule has 0 aliphatic heterocycles. The van der Waals surface area contributed by atoms with E-state index in [-0.39, 0.29) is 33.5 Å². The van der Waals surface area contributed by atoms with E-state index in [0.29, 0.717) is 5.92 Å². The summed E-state index contributed by atoms with van der Waals surface area (Å²) in [5.41, 5.74) is 0.0219. The molecule has 9 heteroatoms. The fraction of sp³-hybridized carbons (Fsp3) is 0.529. The third-order valence-corrected chi connectivity index (χ3v) is 6.41. The van der Waals surface area contributed by atoms with Gasteiger partial charge in [-0.25, -0.2) is 17.9 Å². The van der Waals surface area contributed by atoms with Crippen molar-refractivity contribution in [3.8, 4) is 0 Å². The molecule has 0 aromatic heterocycles. The van der Waals surface area contributed by atoms with E-state index in [9.17, 15) is 18.0 Å². The van der Waals surface area contributed by atoms with Crippen molar-refractivity contribution in [3.05, 3.63) is 28.8 Å². The van der Waals surface area contributed by atoms with Crippen molar-refractivity contribution in [1.82, 2.24) is 10.0 Å². The SMILES string of the molecule is C[C@H](NC(=O)COC(=O)c1ccc(Cl)c(S(=O)(=O)NC2CC2)c1)C1CC1. The van der Waals surface area contributed by atoms with Crippen molar-refractivity contribution < 1.29 is 22.7 Å². The van der Waals surface area contributed by atoms with Gasteiger partial charge in [0, 0.05) is 12.1 Å². The molecule has 1 aromatic rings. The lowest BCUT2D eigenvalue weighted by Crippen LogP contribution is -2.37. The molecule has 2 aliphatic carbocycles. The second-order valence-corrected chi connectivity index (χ2v) is 8.90. The number of hydrogen-bond acceptors (Lipinski definition) is 5. The maximum Gasteiger partial charge on any atom is 0.338 e. The Labute approximate surface area is 157 Å². The lowest BCUT2D eigenvalue weighted by molar-refractivity contribution is -0.124. The van der Waals surface area contributed by atoms with Gasteiger partial charge in [0.1, 0.15) is 4.90 Å². The maximum atomic E-state index is 12.3. The number of ether oxygens (including phenoxy) is 1. The third kappa shape index (κ3) is 4.96. The van der Waals surface area contributed by atoms with Crippen LogP contribution in [0.3, 0.4) is 0 Å². The smallest absolute Gasteiger partial charge is 0.338 e. The van der Waals surface area contributed by atoms with Gasteiger partial charge in [0.15, 0.2) is 6.61 Å².